The van der Waals surface area contributed by atoms with Crippen molar-refractivity contribution in [1.82, 2.24) is 5.32 Å². The first-order valence-electron chi connectivity index (χ1n) is 6.57. The Labute approximate surface area is 137 Å². The van der Waals surface area contributed by atoms with Gasteiger partial charge in [-0.2, -0.15) is 0 Å². The van der Waals surface area contributed by atoms with E-state index in [1.807, 2.05) is 13.1 Å². The van der Waals surface area contributed by atoms with Gasteiger partial charge in [0.25, 0.3) is 0 Å². The number of hydrogen-bond donors (Lipinski definition) is 1. The molecule has 1 heterocycles. The molecule has 1 aliphatic heterocycles. The molecule has 0 saturated heterocycles. The van der Waals surface area contributed by atoms with Crippen molar-refractivity contribution in [1.29, 1.82) is 0 Å². The lowest BCUT2D eigenvalue weighted by Gasteiger charge is -2.18. The molecule has 1 unspecified atom stereocenters. The summed E-state index contributed by atoms with van der Waals surface area (Å²) >= 11 is 8.49. The highest BCUT2D eigenvalue weighted by Crippen LogP contribution is 2.32. The molecule has 2 nitrogen and oxygen atoms in total. The molecule has 0 radical (unpaired) electrons. The number of fused-ring (bicyclic) bond motifs is 1. The second-order valence-corrected chi connectivity index (χ2v) is 6.43. The van der Waals surface area contributed by atoms with Gasteiger partial charge in [0.2, 0.25) is 0 Å². The minimum absolute atomic E-state index is 0.149. The maximum absolute atomic E-state index is 6.24. The van der Waals surface area contributed by atoms with Gasteiger partial charge in [0.1, 0.15) is 5.75 Å². The molecule has 1 N–H and O–H groups in total. The highest BCUT2D eigenvalue weighted by Gasteiger charge is 2.17. The summed E-state index contributed by atoms with van der Waals surface area (Å²) in [6.07, 6.45) is 0.993. The van der Waals surface area contributed by atoms with Crippen LogP contribution in [0, 0.1) is 3.57 Å². The van der Waals surface area contributed by atoms with Crippen LogP contribution in [-0.2, 0) is 6.42 Å². The number of nitrogens with one attached hydrogen (secondary N) is 1. The first-order valence-corrected chi connectivity index (χ1v) is 8.02. The van der Waals surface area contributed by atoms with Gasteiger partial charge in [-0.3, -0.25) is 0 Å². The average Bonchev–Trinajstić information content (AvgIpc) is 2.91. The first-order chi connectivity index (χ1) is 9.69. The Hall–Kier alpha value is -0.780. The van der Waals surface area contributed by atoms with E-state index in [1.165, 1.54) is 16.7 Å². The van der Waals surface area contributed by atoms with Crippen LogP contribution in [-0.4, -0.2) is 13.7 Å². The second-order valence-electron chi connectivity index (χ2n) is 4.86. The van der Waals surface area contributed by atoms with Crippen molar-refractivity contribution in [2.24, 2.45) is 0 Å². The van der Waals surface area contributed by atoms with Crippen LogP contribution in [0.2, 0.25) is 5.02 Å². The van der Waals surface area contributed by atoms with Crippen molar-refractivity contribution in [2.45, 2.75) is 12.5 Å². The zero-order valence-electron chi connectivity index (χ0n) is 11.1. The average molecular weight is 400 g/mol. The van der Waals surface area contributed by atoms with E-state index in [0.29, 0.717) is 0 Å². The summed E-state index contributed by atoms with van der Waals surface area (Å²) in [6, 6.07) is 12.8. The SMILES string of the molecule is CNC(c1ccc(I)c(Cl)c1)c1ccc2c(c1)CCO2. The van der Waals surface area contributed by atoms with E-state index >= 15 is 0 Å². The van der Waals surface area contributed by atoms with E-state index in [1.54, 1.807) is 0 Å². The number of hydrogen-bond acceptors (Lipinski definition) is 2. The van der Waals surface area contributed by atoms with Gasteiger partial charge >= 0.3 is 0 Å². The molecule has 0 aromatic heterocycles. The molecule has 0 aliphatic carbocycles. The van der Waals surface area contributed by atoms with E-state index in [0.717, 1.165) is 27.4 Å². The molecule has 1 atom stereocenters. The molecule has 4 heteroatoms. The topological polar surface area (TPSA) is 21.3 Å². The minimum atomic E-state index is 0.149. The van der Waals surface area contributed by atoms with Crippen LogP contribution < -0.4 is 10.1 Å². The van der Waals surface area contributed by atoms with Gasteiger partial charge in [0.15, 0.2) is 0 Å². The molecule has 2 aromatic rings. The van der Waals surface area contributed by atoms with Crippen molar-refractivity contribution in [3.05, 3.63) is 61.7 Å². The normalized spacial score (nSPS) is 14.8. The minimum Gasteiger partial charge on any atom is -0.493 e. The second kappa shape index (κ2) is 5.92. The summed E-state index contributed by atoms with van der Waals surface area (Å²) < 4.78 is 6.64. The summed E-state index contributed by atoms with van der Waals surface area (Å²) in [4.78, 5) is 0. The molecule has 2 aromatic carbocycles. The van der Waals surface area contributed by atoms with E-state index in [2.05, 4.69) is 58.2 Å². The van der Waals surface area contributed by atoms with Crippen LogP contribution in [0.4, 0.5) is 0 Å². The Morgan fingerprint density at radius 2 is 1.95 bits per heavy atom. The van der Waals surface area contributed by atoms with Crippen molar-refractivity contribution in [3.8, 4) is 5.75 Å². The fourth-order valence-corrected chi connectivity index (χ4v) is 3.13. The van der Waals surface area contributed by atoms with E-state index < -0.39 is 0 Å². The lowest BCUT2D eigenvalue weighted by molar-refractivity contribution is 0.357. The molecule has 0 amide bonds. The molecular weight excluding hydrogens is 385 g/mol. The maximum atomic E-state index is 6.24. The third-order valence-corrected chi connectivity index (χ3v) is 5.18. The van der Waals surface area contributed by atoms with Crippen LogP contribution in [0.1, 0.15) is 22.7 Å². The summed E-state index contributed by atoms with van der Waals surface area (Å²) in [5.74, 6) is 1.02. The Morgan fingerprint density at radius 3 is 2.70 bits per heavy atom. The molecule has 0 saturated carbocycles. The van der Waals surface area contributed by atoms with Crippen molar-refractivity contribution >= 4 is 34.2 Å². The molecule has 20 heavy (non-hydrogen) atoms. The van der Waals surface area contributed by atoms with Crippen LogP contribution in [0.3, 0.4) is 0 Å². The van der Waals surface area contributed by atoms with E-state index in [-0.39, 0.29) is 6.04 Å². The smallest absolute Gasteiger partial charge is 0.122 e. The van der Waals surface area contributed by atoms with Gasteiger partial charge in [-0.05, 0) is 64.5 Å². The fourth-order valence-electron chi connectivity index (χ4n) is 2.60. The van der Waals surface area contributed by atoms with E-state index in [9.17, 15) is 0 Å². The third kappa shape index (κ3) is 2.67. The summed E-state index contributed by atoms with van der Waals surface area (Å²) in [6.45, 7) is 0.790. The Bertz CT molecular complexity index is 644. The standard InChI is InChI=1S/C16H15ClINO/c1-19-16(12-2-4-14(18)13(17)9-12)11-3-5-15-10(8-11)6-7-20-15/h2-5,8-9,16,19H,6-7H2,1H3. The van der Waals surface area contributed by atoms with Crippen molar-refractivity contribution in [2.75, 3.05) is 13.7 Å². The van der Waals surface area contributed by atoms with Gasteiger partial charge in [0, 0.05) is 9.99 Å². The van der Waals surface area contributed by atoms with Gasteiger partial charge in [-0.25, -0.2) is 0 Å². The molecular formula is C16H15ClINO. The highest BCUT2D eigenvalue weighted by molar-refractivity contribution is 14.1. The van der Waals surface area contributed by atoms with Crippen molar-refractivity contribution in [3.63, 3.8) is 0 Å². The van der Waals surface area contributed by atoms with Crippen LogP contribution in [0.5, 0.6) is 5.75 Å². The summed E-state index contributed by atoms with van der Waals surface area (Å²) in [7, 11) is 1.97. The third-order valence-electron chi connectivity index (χ3n) is 3.61. The Kier molecular flexibility index (Phi) is 4.19. The molecule has 3 rings (SSSR count). The molecule has 104 valence electrons. The lowest BCUT2D eigenvalue weighted by Crippen LogP contribution is -2.17. The van der Waals surface area contributed by atoms with Gasteiger partial charge < -0.3 is 10.1 Å². The zero-order chi connectivity index (χ0) is 14.1. The number of ether oxygens (including phenoxy) is 1. The molecule has 0 bridgehead atoms. The predicted octanol–water partition coefficient (Wildman–Crippen LogP) is 4.19. The Morgan fingerprint density at radius 1 is 1.20 bits per heavy atom. The summed E-state index contributed by atoms with van der Waals surface area (Å²) in [5.41, 5.74) is 3.71. The van der Waals surface area contributed by atoms with Gasteiger partial charge in [0.05, 0.1) is 17.7 Å². The van der Waals surface area contributed by atoms with E-state index in [4.69, 9.17) is 16.3 Å². The van der Waals surface area contributed by atoms with Crippen LogP contribution in [0.25, 0.3) is 0 Å². The molecule has 0 fully saturated rings. The lowest BCUT2D eigenvalue weighted by atomic mass is 9.96. The largest absolute Gasteiger partial charge is 0.493 e. The number of benzene rings is 2. The first kappa shape index (κ1) is 14.2. The van der Waals surface area contributed by atoms with Gasteiger partial charge in [-0.15, -0.1) is 0 Å². The number of halogens is 2. The van der Waals surface area contributed by atoms with Crippen molar-refractivity contribution < 1.29 is 4.74 Å². The van der Waals surface area contributed by atoms with Crippen LogP contribution in [0.15, 0.2) is 36.4 Å². The predicted molar refractivity (Wildman–Crippen MR) is 90.7 cm³/mol. The molecule has 0 spiro atoms. The zero-order valence-corrected chi connectivity index (χ0v) is 14.0. The molecule has 1 aliphatic rings. The monoisotopic (exact) mass is 399 g/mol. The quantitative estimate of drug-likeness (QED) is 0.782. The summed E-state index contributed by atoms with van der Waals surface area (Å²) in [5, 5.41) is 4.17. The fraction of sp³-hybridized carbons (Fsp3) is 0.250. The maximum Gasteiger partial charge on any atom is 0.122 e. The Balaban J connectivity index is 1.98. The number of rotatable bonds is 3. The van der Waals surface area contributed by atoms with Crippen LogP contribution >= 0.6 is 34.2 Å². The van der Waals surface area contributed by atoms with Gasteiger partial charge in [-0.1, -0.05) is 29.8 Å². The highest BCUT2D eigenvalue weighted by atomic mass is 127.